The number of nitrogens with zero attached hydrogens (tertiary/aromatic N) is 1. The Bertz CT molecular complexity index is 436. The van der Waals surface area contributed by atoms with Crippen LogP contribution in [0.1, 0.15) is 17.0 Å². The zero-order valence-corrected chi connectivity index (χ0v) is 8.07. The number of hydrogen-bond acceptors (Lipinski definition) is 2. The molecule has 0 aliphatic rings. The number of halogens is 1. The Kier molecular flexibility index (Phi) is 2.78. The topological polar surface area (TPSA) is 48.9 Å². The van der Waals surface area contributed by atoms with Gasteiger partial charge >= 0.3 is 0 Å². The highest BCUT2D eigenvalue weighted by Crippen LogP contribution is 2.09. The molecule has 0 atom stereocenters. The van der Waals surface area contributed by atoms with Crippen molar-refractivity contribution in [2.24, 2.45) is 0 Å². The first-order valence-electron chi connectivity index (χ1n) is 4.66. The van der Waals surface area contributed by atoms with Crippen LogP contribution < -0.4 is 0 Å². The van der Waals surface area contributed by atoms with Gasteiger partial charge in [0, 0.05) is 12.1 Å². The Labute approximate surface area is 86.6 Å². The Balaban J connectivity index is 2.11. The number of H-pyrrole nitrogens is 1. The molecule has 1 aromatic carbocycles. The lowest BCUT2D eigenvalue weighted by molar-refractivity contribution is 0.276. The van der Waals surface area contributed by atoms with E-state index in [1.165, 1.54) is 12.1 Å². The molecular formula is C11H11FN2O. The van der Waals surface area contributed by atoms with Gasteiger partial charge in [0.15, 0.2) is 0 Å². The average molecular weight is 206 g/mol. The van der Waals surface area contributed by atoms with Gasteiger partial charge in [-0.25, -0.2) is 4.39 Å². The number of aromatic nitrogens is 2. The van der Waals surface area contributed by atoms with Crippen molar-refractivity contribution in [3.05, 3.63) is 53.1 Å². The summed E-state index contributed by atoms with van der Waals surface area (Å²) in [4.78, 5) is 0. The van der Waals surface area contributed by atoms with Crippen LogP contribution in [-0.2, 0) is 13.0 Å². The molecule has 2 N–H and O–H groups in total. The standard InChI is InChI=1S/C11H11FN2O/c12-9-3-1-8(2-4-9)5-10-6-11(7-15)14-13-10/h1-4,6,15H,5,7H2,(H,13,14). The number of nitrogens with one attached hydrogen (secondary N) is 1. The minimum atomic E-state index is -0.237. The number of aliphatic hydroxyl groups is 1. The first kappa shape index (κ1) is 9.86. The third kappa shape index (κ3) is 2.41. The molecule has 0 spiro atoms. The van der Waals surface area contributed by atoms with Crippen molar-refractivity contribution >= 4 is 0 Å². The molecule has 0 saturated carbocycles. The van der Waals surface area contributed by atoms with Gasteiger partial charge in [-0.15, -0.1) is 0 Å². The van der Waals surface area contributed by atoms with E-state index in [-0.39, 0.29) is 12.4 Å². The molecule has 0 unspecified atom stereocenters. The second kappa shape index (κ2) is 4.23. The molecule has 0 saturated heterocycles. The molecule has 4 heteroatoms. The van der Waals surface area contributed by atoms with E-state index in [9.17, 15) is 4.39 Å². The number of hydrogen-bond donors (Lipinski definition) is 2. The van der Waals surface area contributed by atoms with Crippen molar-refractivity contribution in [3.8, 4) is 0 Å². The summed E-state index contributed by atoms with van der Waals surface area (Å²) >= 11 is 0. The molecule has 1 aromatic heterocycles. The van der Waals surface area contributed by atoms with Crippen LogP contribution >= 0.6 is 0 Å². The van der Waals surface area contributed by atoms with Crippen LogP contribution in [0.3, 0.4) is 0 Å². The minimum Gasteiger partial charge on any atom is -0.390 e. The van der Waals surface area contributed by atoms with Gasteiger partial charge in [0.25, 0.3) is 0 Å². The lowest BCUT2D eigenvalue weighted by atomic mass is 10.1. The smallest absolute Gasteiger partial charge is 0.123 e. The van der Waals surface area contributed by atoms with Crippen molar-refractivity contribution in [1.29, 1.82) is 0 Å². The lowest BCUT2D eigenvalue weighted by Crippen LogP contribution is -1.88. The lowest BCUT2D eigenvalue weighted by Gasteiger charge is -1.97. The van der Waals surface area contributed by atoms with Crippen molar-refractivity contribution in [3.63, 3.8) is 0 Å². The molecule has 0 bridgehead atoms. The van der Waals surface area contributed by atoms with E-state index in [1.807, 2.05) is 0 Å². The summed E-state index contributed by atoms with van der Waals surface area (Å²) in [5, 5.41) is 15.5. The minimum absolute atomic E-state index is 0.0695. The summed E-state index contributed by atoms with van der Waals surface area (Å²) < 4.78 is 12.6. The number of rotatable bonds is 3. The Morgan fingerprint density at radius 3 is 2.60 bits per heavy atom. The number of benzene rings is 1. The second-order valence-corrected chi connectivity index (χ2v) is 3.35. The first-order chi connectivity index (χ1) is 7.28. The van der Waals surface area contributed by atoms with Crippen LogP contribution in [0, 0.1) is 5.82 Å². The molecule has 0 aliphatic heterocycles. The molecule has 0 fully saturated rings. The van der Waals surface area contributed by atoms with Crippen LogP contribution in [0.15, 0.2) is 30.3 Å². The predicted octanol–water partition coefficient (Wildman–Crippen LogP) is 1.63. The van der Waals surface area contributed by atoms with Crippen LogP contribution in [0.4, 0.5) is 4.39 Å². The van der Waals surface area contributed by atoms with Crippen LogP contribution in [0.5, 0.6) is 0 Å². The van der Waals surface area contributed by atoms with Crippen molar-refractivity contribution in [2.75, 3.05) is 0 Å². The van der Waals surface area contributed by atoms with Crippen LogP contribution in [-0.4, -0.2) is 15.3 Å². The monoisotopic (exact) mass is 206 g/mol. The highest BCUT2D eigenvalue weighted by molar-refractivity contribution is 5.22. The Morgan fingerprint density at radius 2 is 2.00 bits per heavy atom. The molecule has 0 amide bonds. The predicted molar refractivity (Wildman–Crippen MR) is 53.7 cm³/mol. The highest BCUT2D eigenvalue weighted by atomic mass is 19.1. The summed E-state index contributed by atoms with van der Waals surface area (Å²) in [5.41, 5.74) is 2.53. The van der Waals surface area contributed by atoms with Gasteiger partial charge in [-0.2, -0.15) is 5.10 Å². The van der Waals surface area contributed by atoms with Gasteiger partial charge in [0.05, 0.1) is 12.3 Å². The molecule has 15 heavy (non-hydrogen) atoms. The fourth-order valence-electron chi connectivity index (χ4n) is 1.40. The van der Waals surface area contributed by atoms with E-state index < -0.39 is 0 Å². The summed E-state index contributed by atoms with van der Waals surface area (Å²) in [6.45, 7) is -0.0695. The van der Waals surface area contributed by atoms with Crippen LogP contribution in [0.2, 0.25) is 0 Å². The summed E-state index contributed by atoms with van der Waals surface area (Å²) in [6.07, 6.45) is 0.660. The van der Waals surface area contributed by atoms with E-state index in [0.29, 0.717) is 12.1 Å². The molecule has 2 rings (SSSR count). The maximum absolute atomic E-state index is 12.6. The maximum Gasteiger partial charge on any atom is 0.123 e. The summed E-state index contributed by atoms with van der Waals surface area (Å²) in [5.74, 6) is -0.237. The number of aromatic amines is 1. The van der Waals surface area contributed by atoms with Crippen LogP contribution in [0.25, 0.3) is 0 Å². The van der Waals surface area contributed by atoms with E-state index in [1.54, 1.807) is 18.2 Å². The third-order valence-corrected chi connectivity index (χ3v) is 2.15. The zero-order valence-electron chi connectivity index (χ0n) is 8.07. The zero-order chi connectivity index (χ0) is 10.7. The highest BCUT2D eigenvalue weighted by Gasteiger charge is 2.01. The van der Waals surface area contributed by atoms with Gasteiger partial charge in [-0.1, -0.05) is 12.1 Å². The molecule has 0 aliphatic carbocycles. The van der Waals surface area contributed by atoms with Gasteiger partial charge < -0.3 is 5.11 Å². The first-order valence-corrected chi connectivity index (χ1v) is 4.66. The van der Waals surface area contributed by atoms with Gasteiger partial charge in [-0.05, 0) is 23.8 Å². The quantitative estimate of drug-likeness (QED) is 0.801. The van der Waals surface area contributed by atoms with Gasteiger partial charge in [0.1, 0.15) is 5.82 Å². The second-order valence-electron chi connectivity index (χ2n) is 3.35. The molecule has 3 nitrogen and oxygen atoms in total. The van der Waals surface area contributed by atoms with Gasteiger partial charge in [-0.3, -0.25) is 5.10 Å². The molecular weight excluding hydrogens is 195 g/mol. The fourth-order valence-corrected chi connectivity index (χ4v) is 1.40. The fraction of sp³-hybridized carbons (Fsp3) is 0.182. The maximum atomic E-state index is 12.6. The van der Waals surface area contributed by atoms with E-state index >= 15 is 0 Å². The largest absolute Gasteiger partial charge is 0.390 e. The van der Waals surface area contributed by atoms with Crippen molar-refractivity contribution in [1.82, 2.24) is 10.2 Å². The molecule has 0 radical (unpaired) electrons. The summed E-state index contributed by atoms with van der Waals surface area (Å²) in [6, 6.07) is 8.12. The Hall–Kier alpha value is -1.68. The van der Waals surface area contributed by atoms with Crippen molar-refractivity contribution in [2.45, 2.75) is 13.0 Å². The van der Waals surface area contributed by atoms with Gasteiger partial charge in [0.2, 0.25) is 0 Å². The number of aliphatic hydroxyl groups excluding tert-OH is 1. The van der Waals surface area contributed by atoms with E-state index in [4.69, 9.17) is 5.11 Å². The summed E-state index contributed by atoms with van der Waals surface area (Å²) in [7, 11) is 0. The van der Waals surface area contributed by atoms with E-state index in [2.05, 4.69) is 10.2 Å². The molecule has 2 aromatic rings. The molecule has 78 valence electrons. The van der Waals surface area contributed by atoms with E-state index in [0.717, 1.165) is 11.3 Å². The van der Waals surface area contributed by atoms with Crippen molar-refractivity contribution < 1.29 is 9.50 Å². The SMILES string of the molecule is OCc1cc(Cc2ccc(F)cc2)[nH]n1. The third-order valence-electron chi connectivity index (χ3n) is 2.15. The normalized spacial score (nSPS) is 10.5. The molecule has 1 heterocycles. The Morgan fingerprint density at radius 1 is 1.27 bits per heavy atom. The average Bonchev–Trinajstić information content (AvgIpc) is 2.69.